The molecule has 1 aromatic rings. The van der Waals surface area contributed by atoms with Crippen molar-refractivity contribution in [3.63, 3.8) is 0 Å². The van der Waals surface area contributed by atoms with Gasteiger partial charge in [-0.25, -0.2) is 9.59 Å². The van der Waals surface area contributed by atoms with Gasteiger partial charge in [0.05, 0.1) is 0 Å². The number of aromatic carboxylic acids is 1. The molecule has 0 heterocycles. The van der Waals surface area contributed by atoms with Crippen LogP contribution >= 0.6 is 0 Å². The van der Waals surface area contributed by atoms with E-state index in [1.54, 1.807) is 12.1 Å². The Labute approximate surface area is 73.2 Å². The molecule has 5 nitrogen and oxygen atoms in total. The molecule has 5 heteroatoms. The minimum Gasteiger partial charge on any atom is -0.478 e. The number of hydrogen-bond donors (Lipinski definition) is 1. The Hall–Kier alpha value is -2.13. The molecule has 0 aliphatic carbocycles. The van der Waals surface area contributed by atoms with Gasteiger partial charge in [0.1, 0.15) is 5.56 Å². The van der Waals surface area contributed by atoms with Gasteiger partial charge in [-0.2, -0.15) is 0 Å². The molecule has 0 aromatic heterocycles. The number of hydrogen-bond acceptors (Lipinski definition) is 4. The number of nitrogens with zero attached hydrogens (tertiary/aromatic N) is 1. The topological polar surface area (TPSA) is 76.0 Å². The number of carboxylic acid groups (broad SMARTS) is 1. The minimum atomic E-state index is -1.14. The van der Waals surface area contributed by atoms with E-state index in [0.717, 1.165) is 6.08 Å². The maximum absolute atomic E-state index is 10.6. The third-order valence-corrected chi connectivity index (χ3v) is 1.30. The number of benzene rings is 1. The molecule has 1 aromatic carbocycles. The number of carbonyl (C=O) groups is 1. The van der Waals surface area contributed by atoms with E-state index in [1.807, 2.05) is 0 Å². The first-order valence-corrected chi connectivity index (χ1v) is 3.32. The molecule has 0 amide bonds. The SMILES string of the molecule is O=C=NOc1ccccc1C(=O)O. The highest BCUT2D eigenvalue weighted by Gasteiger charge is 2.09. The van der Waals surface area contributed by atoms with Crippen molar-refractivity contribution in [3.05, 3.63) is 29.8 Å². The lowest BCUT2D eigenvalue weighted by atomic mass is 10.2. The summed E-state index contributed by atoms with van der Waals surface area (Å²) in [7, 11) is 0. The van der Waals surface area contributed by atoms with Crippen LogP contribution < -0.4 is 4.84 Å². The zero-order valence-corrected chi connectivity index (χ0v) is 6.43. The van der Waals surface area contributed by atoms with E-state index in [0.29, 0.717) is 0 Å². The van der Waals surface area contributed by atoms with E-state index < -0.39 is 5.97 Å². The van der Waals surface area contributed by atoms with Crippen LogP contribution in [0, 0.1) is 0 Å². The van der Waals surface area contributed by atoms with Crippen molar-refractivity contribution in [1.82, 2.24) is 0 Å². The van der Waals surface area contributed by atoms with E-state index in [9.17, 15) is 9.59 Å². The Balaban J connectivity index is 3.04. The smallest absolute Gasteiger partial charge is 0.339 e. The Kier molecular flexibility index (Phi) is 2.78. The second-order valence-corrected chi connectivity index (χ2v) is 2.08. The summed E-state index contributed by atoms with van der Waals surface area (Å²) in [6, 6.07) is 5.85. The first-order chi connectivity index (χ1) is 6.25. The molecule has 0 bridgehead atoms. The lowest BCUT2D eigenvalue weighted by Crippen LogP contribution is -1.99. The van der Waals surface area contributed by atoms with Crippen molar-refractivity contribution in [2.45, 2.75) is 0 Å². The average molecular weight is 179 g/mol. The van der Waals surface area contributed by atoms with Crippen LogP contribution in [-0.4, -0.2) is 17.2 Å². The number of carbonyl (C=O) groups excluding carboxylic acids is 1. The Morgan fingerprint density at radius 2 is 2.15 bits per heavy atom. The van der Waals surface area contributed by atoms with Gasteiger partial charge in [-0.1, -0.05) is 12.1 Å². The molecular formula is C8H5NO4. The Morgan fingerprint density at radius 3 is 2.77 bits per heavy atom. The molecule has 0 atom stereocenters. The average Bonchev–Trinajstić information content (AvgIpc) is 2.15. The molecule has 1 N–H and O–H groups in total. The summed E-state index contributed by atoms with van der Waals surface area (Å²) in [6.07, 6.45) is 1.14. The van der Waals surface area contributed by atoms with Gasteiger partial charge in [0, 0.05) is 5.16 Å². The molecular weight excluding hydrogens is 174 g/mol. The lowest BCUT2D eigenvalue weighted by Gasteiger charge is -1.99. The van der Waals surface area contributed by atoms with Crippen molar-refractivity contribution in [3.8, 4) is 5.75 Å². The van der Waals surface area contributed by atoms with Crippen LogP contribution in [0.5, 0.6) is 5.75 Å². The summed E-state index contributed by atoms with van der Waals surface area (Å²) >= 11 is 0. The summed E-state index contributed by atoms with van der Waals surface area (Å²) in [6.45, 7) is 0. The normalized spacial score (nSPS) is 8.62. The summed E-state index contributed by atoms with van der Waals surface area (Å²) in [5, 5.41) is 11.5. The predicted octanol–water partition coefficient (Wildman–Crippen LogP) is 1.01. The number of para-hydroxylation sites is 1. The van der Waals surface area contributed by atoms with Crippen molar-refractivity contribution in [2.75, 3.05) is 0 Å². The summed E-state index contributed by atoms with van der Waals surface area (Å²) in [4.78, 5) is 24.7. The fourth-order valence-electron chi connectivity index (χ4n) is 0.791. The molecule has 0 aliphatic rings. The molecule has 0 saturated heterocycles. The van der Waals surface area contributed by atoms with Crippen LogP contribution in [0.25, 0.3) is 0 Å². The van der Waals surface area contributed by atoms with Crippen molar-refractivity contribution < 1.29 is 19.5 Å². The highest BCUT2D eigenvalue weighted by Crippen LogP contribution is 2.17. The molecule has 0 aliphatic heterocycles. The fourth-order valence-corrected chi connectivity index (χ4v) is 0.791. The number of rotatable bonds is 3. The summed E-state index contributed by atoms with van der Waals surface area (Å²) in [5.41, 5.74) is -0.0542. The monoisotopic (exact) mass is 179 g/mol. The van der Waals surface area contributed by atoms with Crippen LogP contribution in [0.4, 0.5) is 0 Å². The first-order valence-electron chi connectivity index (χ1n) is 3.32. The third kappa shape index (κ3) is 2.15. The molecule has 66 valence electrons. The van der Waals surface area contributed by atoms with E-state index in [1.165, 1.54) is 12.1 Å². The minimum absolute atomic E-state index is 0.0124. The van der Waals surface area contributed by atoms with Crippen LogP contribution in [0.15, 0.2) is 29.4 Å². The van der Waals surface area contributed by atoms with Gasteiger partial charge in [-0.15, -0.1) is 0 Å². The van der Waals surface area contributed by atoms with Crippen molar-refractivity contribution in [1.29, 1.82) is 0 Å². The van der Waals surface area contributed by atoms with E-state index in [-0.39, 0.29) is 11.3 Å². The zero-order valence-electron chi connectivity index (χ0n) is 6.43. The summed E-state index contributed by atoms with van der Waals surface area (Å²) < 4.78 is 0. The molecule has 0 unspecified atom stereocenters. The predicted molar refractivity (Wildman–Crippen MR) is 42.2 cm³/mol. The van der Waals surface area contributed by atoms with Gasteiger partial charge in [0.25, 0.3) is 6.08 Å². The van der Waals surface area contributed by atoms with Gasteiger partial charge in [-0.05, 0) is 12.1 Å². The van der Waals surface area contributed by atoms with Gasteiger partial charge in [0.15, 0.2) is 5.75 Å². The lowest BCUT2D eigenvalue weighted by molar-refractivity contribution is 0.0692. The highest BCUT2D eigenvalue weighted by molar-refractivity contribution is 5.90. The number of isocyanates is 1. The number of carboxylic acids is 1. The molecule has 0 fully saturated rings. The second kappa shape index (κ2) is 4.04. The standard InChI is InChI=1S/C8H5NO4/c10-5-9-13-7-4-2-1-3-6(7)8(11)12/h1-4H,(H,11,12). The highest BCUT2D eigenvalue weighted by atomic mass is 16.6. The van der Waals surface area contributed by atoms with Crippen LogP contribution in [0.1, 0.15) is 10.4 Å². The molecule has 13 heavy (non-hydrogen) atoms. The van der Waals surface area contributed by atoms with Gasteiger partial charge >= 0.3 is 5.97 Å². The quantitative estimate of drug-likeness (QED) is 0.427. The van der Waals surface area contributed by atoms with E-state index in [2.05, 4.69) is 9.99 Å². The van der Waals surface area contributed by atoms with E-state index >= 15 is 0 Å². The van der Waals surface area contributed by atoms with Crippen LogP contribution in [-0.2, 0) is 4.79 Å². The Morgan fingerprint density at radius 1 is 1.46 bits per heavy atom. The molecule has 0 radical (unpaired) electrons. The second-order valence-electron chi connectivity index (χ2n) is 2.08. The van der Waals surface area contributed by atoms with Crippen LogP contribution in [0.2, 0.25) is 0 Å². The first kappa shape index (κ1) is 8.96. The van der Waals surface area contributed by atoms with Gasteiger partial charge < -0.3 is 9.94 Å². The van der Waals surface area contributed by atoms with Gasteiger partial charge in [-0.3, -0.25) is 0 Å². The largest absolute Gasteiger partial charge is 0.478 e. The van der Waals surface area contributed by atoms with Gasteiger partial charge in [0.2, 0.25) is 0 Å². The summed E-state index contributed by atoms with van der Waals surface area (Å²) in [5.74, 6) is -1.13. The van der Waals surface area contributed by atoms with Crippen LogP contribution in [0.3, 0.4) is 0 Å². The fraction of sp³-hybridized carbons (Fsp3) is 0. The van der Waals surface area contributed by atoms with E-state index in [4.69, 9.17) is 5.11 Å². The molecule has 0 saturated carbocycles. The Bertz CT molecular complexity index is 368. The maximum Gasteiger partial charge on any atom is 0.339 e. The van der Waals surface area contributed by atoms with Crippen molar-refractivity contribution >= 4 is 12.0 Å². The molecule has 1 rings (SSSR count). The van der Waals surface area contributed by atoms with Crippen molar-refractivity contribution in [2.24, 2.45) is 5.16 Å². The molecule has 0 spiro atoms. The zero-order chi connectivity index (χ0) is 9.68. The maximum atomic E-state index is 10.6. The third-order valence-electron chi connectivity index (χ3n) is 1.30.